The van der Waals surface area contributed by atoms with E-state index in [1.54, 1.807) is 24.3 Å². The molecule has 5 heteroatoms. The summed E-state index contributed by atoms with van der Waals surface area (Å²) in [5.74, 6) is 0.164. The van der Waals surface area contributed by atoms with E-state index < -0.39 is 6.61 Å². The molecule has 0 aliphatic carbocycles. The molecule has 1 heterocycles. The molecule has 1 aromatic heterocycles. The monoisotopic (exact) mass is 292 g/mol. The molecule has 0 radical (unpaired) electrons. The maximum absolute atomic E-state index is 12.1. The third kappa shape index (κ3) is 4.49. The van der Waals surface area contributed by atoms with Crippen LogP contribution in [0.2, 0.25) is 0 Å². The molecule has 1 unspecified atom stereocenters. The second-order valence-electron chi connectivity index (χ2n) is 4.82. The summed E-state index contributed by atoms with van der Waals surface area (Å²) in [6, 6.07) is 10.8. The van der Waals surface area contributed by atoms with Crippen LogP contribution in [-0.4, -0.2) is 18.6 Å². The highest BCUT2D eigenvalue weighted by Crippen LogP contribution is 2.21. The van der Waals surface area contributed by atoms with E-state index in [1.807, 2.05) is 32.3 Å². The fourth-order valence-electron chi connectivity index (χ4n) is 2.10. The first kappa shape index (κ1) is 15.4. The standard InChI is InChI=1S/C16H18F2N2O/c1-11-3-6-13(20-10-11)9-15(19-2)12-4-7-14(8-5-12)21-16(17)18/h3-8,10,15-16,19H,9H2,1-2H3. The van der Waals surface area contributed by atoms with E-state index in [1.165, 1.54) is 0 Å². The Labute approximate surface area is 123 Å². The largest absolute Gasteiger partial charge is 0.435 e. The van der Waals surface area contributed by atoms with Crippen LogP contribution in [0.25, 0.3) is 0 Å². The van der Waals surface area contributed by atoms with E-state index in [9.17, 15) is 8.78 Å². The number of pyridine rings is 1. The summed E-state index contributed by atoms with van der Waals surface area (Å²) in [5, 5.41) is 3.21. The van der Waals surface area contributed by atoms with Crippen LogP contribution in [0, 0.1) is 6.92 Å². The van der Waals surface area contributed by atoms with Gasteiger partial charge in [0, 0.05) is 24.4 Å². The Balaban J connectivity index is 2.08. The molecule has 0 saturated heterocycles. The van der Waals surface area contributed by atoms with Crippen molar-refractivity contribution >= 4 is 0 Å². The molecule has 0 saturated carbocycles. The molecule has 2 rings (SSSR count). The Morgan fingerprint density at radius 2 is 1.86 bits per heavy atom. The number of nitrogens with zero attached hydrogens (tertiary/aromatic N) is 1. The van der Waals surface area contributed by atoms with Crippen molar-refractivity contribution in [2.75, 3.05) is 7.05 Å². The molecule has 1 atom stereocenters. The second-order valence-corrected chi connectivity index (χ2v) is 4.82. The Kier molecular flexibility index (Phi) is 5.22. The summed E-state index contributed by atoms with van der Waals surface area (Å²) < 4.78 is 28.6. The van der Waals surface area contributed by atoms with Gasteiger partial charge in [-0.15, -0.1) is 0 Å². The van der Waals surface area contributed by atoms with Gasteiger partial charge in [-0.3, -0.25) is 4.98 Å². The van der Waals surface area contributed by atoms with Crippen molar-refractivity contribution < 1.29 is 13.5 Å². The molecule has 3 nitrogen and oxygen atoms in total. The lowest BCUT2D eigenvalue weighted by Gasteiger charge is -2.17. The minimum Gasteiger partial charge on any atom is -0.435 e. The van der Waals surface area contributed by atoms with Gasteiger partial charge in [-0.25, -0.2) is 0 Å². The SMILES string of the molecule is CNC(Cc1ccc(C)cn1)c1ccc(OC(F)F)cc1. The summed E-state index contributed by atoms with van der Waals surface area (Å²) >= 11 is 0. The predicted octanol–water partition coefficient (Wildman–Crippen LogP) is 3.49. The second kappa shape index (κ2) is 7.13. The van der Waals surface area contributed by atoms with Crippen LogP contribution in [-0.2, 0) is 6.42 Å². The van der Waals surface area contributed by atoms with Crippen molar-refractivity contribution in [2.24, 2.45) is 0 Å². The molecule has 1 aromatic carbocycles. The number of ether oxygens (including phenoxy) is 1. The van der Waals surface area contributed by atoms with Gasteiger partial charge < -0.3 is 10.1 Å². The lowest BCUT2D eigenvalue weighted by Crippen LogP contribution is -2.19. The van der Waals surface area contributed by atoms with Crippen LogP contribution in [0.5, 0.6) is 5.75 Å². The van der Waals surface area contributed by atoms with Crippen LogP contribution in [0.1, 0.15) is 22.9 Å². The summed E-state index contributed by atoms with van der Waals surface area (Å²) in [5.41, 5.74) is 3.10. The van der Waals surface area contributed by atoms with Gasteiger partial charge in [0.15, 0.2) is 0 Å². The zero-order valence-corrected chi connectivity index (χ0v) is 12.0. The summed E-state index contributed by atoms with van der Waals surface area (Å²) in [7, 11) is 1.86. The number of benzene rings is 1. The number of nitrogens with one attached hydrogen (secondary N) is 1. The van der Waals surface area contributed by atoms with Crippen molar-refractivity contribution in [3.8, 4) is 5.75 Å². The Morgan fingerprint density at radius 1 is 1.14 bits per heavy atom. The first-order chi connectivity index (χ1) is 10.1. The number of hydrogen-bond donors (Lipinski definition) is 1. The molecule has 21 heavy (non-hydrogen) atoms. The molecule has 0 aliphatic heterocycles. The molecule has 0 bridgehead atoms. The molecule has 1 N–H and O–H groups in total. The van der Waals surface area contributed by atoms with E-state index in [2.05, 4.69) is 15.0 Å². The topological polar surface area (TPSA) is 34.2 Å². The van der Waals surface area contributed by atoms with Gasteiger partial charge in [0.05, 0.1) is 0 Å². The van der Waals surface area contributed by atoms with Crippen LogP contribution in [0.3, 0.4) is 0 Å². The smallest absolute Gasteiger partial charge is 0.387 e. The minimum atomic E-state index is -2.80. The summed E-state index contributed by atoms with van der Waals surface area (Å²) in [4.78, 5) is 4.38. The van der Waals surface area contributed by atoms with Gasteiger partial charge in [-0.05, 0) is 43.3 Å². The maximum atomic E-state index is 12.1. The van der Waals surface area contributed by atoms with E-state index in [0.29, 0.717) is 0 Å². The molecule has 0 aliphatic rings. The van der Waals surface area contributed by atoms with Crippen molar-refractivity contribution in [2.45, 2.75) is 26.0 Å². The van der Waals surface area contributed by atoms with E-state index in [-0.39, 0.29) is 11.8 Å². The molecule has 0 fully saturated rings. The number of likely N-dealkylation sites (N-methyl/N-ethyl adjacent to an activating group) is 1. The number of aromatic nitrogens is 1. The first-order valence-corrected chi connectivity index (χ1v) is 6.72. The van der Waals surface area contributed by atoms with Gasteiger partial charge in [-0.2, -0.15) is 8.78 Å². The van der Waals surface area contributed by atoms with Crippen molar-refractivity contribution in [1.29, 1.82) is 0 Å². The molecular weight excluding hydrogens is 274 g/mol. The summed E-state index contributed by atoms with van der Waals surface area (Å²) in [6.07, 6.45) is 2.56. The van der Waals surface area contributed by atoms with Gasteiger partial charge >= 0.3 is 6.61 Å². The van der Waals surface area contributed by atoms with Gasteiger partial charge in [0.25, 0.3) is 0 Å². The average Bonchev–Trinajstić information content (AvgIpc) is 2.47. The zero-order valence-electron chi connectivity index (χ0n) is 12.0. The van der Waals surface area contributed by atoms with Crippen LogP contribution in [0.4, 0.5) is 8.78 Å². The first-order valence-electron chi connectivity index (χ1n) is 6.72. The van der Waals surface area contributed by atoms with Gasteiger partial charge in [0.1, 0.15) is 5.75 Å². The maximum Gasteiger partial charge on any atom is 0.387 e. The van der Waals surface area contributed by atoms with E-state index in [0.717, 1.165) is 23.2 Å². The lowest BCUT2D eigenvalue weighted by molar-refractivity contribution is -0.0498. The van der Waals surface area contributed by atoms with Crippen molar-refractivity contribution in [3.63, 3.8) is 0 Å². The van der Waals surface area contributed by atoms with Crippen LogP contribution >= 0.6 is 0 Å². The summed E-state index contributed by atoms with van der Waals surface area (Å²) in [6.45, 7) is -0.804. The number of hydrogen-bond acceptors (Lipinski definition) is 3. The fraction of sp³-hybridized carbons (Fsp3) is 0.312. The van der Waals surface area contributed by atoms with Crippen molar-refractivity contribution in [3.05, 3.63) is 59.4 Å². The molecule has 2 aromatic rings. The van der Waals surface area contributed by atoms with E-state index >= 15 is 0 Å². The van der Waals surface area contributed by atoms with E-state index in [4.69, 9.17) is 0 Å². The number of aryl methyl sites for hydroxylation is 1. The lowest BCUT2D eigenvalue weighted by atomic mass is 10.0. The average molecular weight is 292 g/mol. The molecule has 0 amide bonds. The Hall–Kier alpha value is -2.01. The predicted molar refractivity (Wildman–Crippen MR) is 77.6 cm³/mol. The van der Waals surface area contributed by atoms with Gasteiger partial charge in [0.2, 0.25) is 0 Å². The van der Waals surface area contributed by atoms with Gasteiger partial charge in [-0.1, -0.05) is 18.2 Å². The molecule has 0 spiro atoms. The highest BCUT2D eigenvalue weighted by atomic mass is 19.3. The molecule has 112 valence electrons. The van der Waals surface area contributed by atoms with Crippen LogP contribution in [0.15, 0.2) is 42.6 Å². The quantitative estimate of drug-likeness (QED) is 0.885. The number of halogens is 2. The highest BCUT2D eigenvalue weighted by molar-refractivity contribution is 5.30. The third-order valence-corrected chi connectivity index (χ3v) is 3.24. The highest BCUT2D eigenvalue weighted by Gasteiger charge is 2.12. The number of rotatable bonds is 6. The number of alkyl halides is 2. The normalized spacial score (nSPS) is 12.4. The van der Waals surface area contributed by atoms with Crippen molar-refractivity contribution in [1.82, 2.24) is 10.3 Å². The third-order valence-electron chi connectivity index (χ3n) is 3.24. The molecular formula is C16H18F2N2O. The Morgan fingerprint density at radius 3 is 2.38 bits per heavy atom. The Bertz CT molecular complexity index is 555. The van der Waals surface area contributed by atoms with Crippen LogP contribution < -0.4 is 10.1 Å². The fourth-order valence-corrected chi connectivity index (χ4v) is 2.10. The minimum absolute atomic E-state index is 0.0702. The zero-order chi connectivity index (χ0) is 15.2.